The summed E-state index contributed by atoms with van der Waals surface area (Å²) < 4.78 is 48.4. The Bertz CT molecular complexity index is 556. The lowest BCUT2D eigenvalue weighted by molar-refractivity contribution is -0.105. The van der Waals surface area contributed by atoms with Gasteiger partial charge < -0.3 is 9.31 Å². The van der Waals surface area contributed by atoms with E-state index in [1.165, 1.54) is 13.0 Å². The van der Waals surface area contributed by atoms with Gasteiger partial charge in [-0.3, -0.25) is 0 Å². The van der Waals surface area contributed by atoms with Crippen LogP contribution in [0.4, 0.5) is 13.2 Å². The fraction of sp³-hybridized carbons (Fsp3) is 0.600. The van der Waals surface area contributed by atoms with Crippen LogP contribution >= 0.6 is 35.0 Å². The lowest BCUT2D eigenvalue weighted by atomic mass is 9.79. The summed E-state index contributed by atoms with van der Waals surface area (Å²) in [4.78, 5) is 0.314. The van der Waals surface area contributed by atoms with E-state index in [4.69, 9.17) is 32.5 Å². The van der Waals surface area contributed by atoms with Crippen LogP contribution in [-0.2, 0) is 9.31 Å². The molecule has 0 radical (unpaired) electrons. The number of thioether (sulfide) groups is 1. The van der Waals surface area contributed by atoms with Crippen LogP contribution in [0, 0.1) is 0 Å². The van der Waals surface area contributed by atoms with Crippen molar-refractivity contribution in [2.45, 2.75) is 52.0 Å². The van der Waals surface area contributed by atoms with Crippen molar-refractivity contribution in [2.24, 2.45) is 0 Å². The number of allylic oxidation sites excluding steroid dienone is 5. The van der Waals surface area contributed by atoms with Crippen LogP contribution in [0.15, 0.2) is 33.1 Å². The van der Waals surface area contributed by atoms with Gasteiger partial charge in [0.25, 0.3) is 0 Å². The van der Waals surface area contributed by atoms with Crippen LogP contribution in [0.25, 0.3) is 0 Å². The molecule has 2 nitrogen and oxygen atoms in total. The molecule has 136 valence electrons. The maximum Gasteiger partial charge on any atom is 0.495 e. The topological polar surface area (TPSA) is 18.5 Å². The fourth-order valence-corrected chi connectivity index (χ4v) is 2.77. The third-order valence-electron chi connectivity index (χ3n) is 3.89. The molecule has 0 atom stereocenters. The van der Waals surface area contributed by atoms with Crippen LogP contribution < -0.4 is 0 Å². The van der Waals surface area contributed by atoms with Gasteiger partial charge in [0.05, 0.1) is 22.0 Å². The first-order valence-corrected chi connectivity index (χ1v) is 8.88. The van der Waals surface area contributed by atoms with Crippen LogP contribution in [0.5, 0.6) is 0 Å². The number of hydrogen-bond donors (Lipinski definition) is 0. The Morgan fingerprint density at radius 1 is 1.17 bits per heavy atom. The molecular weight excluding hydrogens is 383 g/mol. The van der Waals surface area contributed by atoms with Crippen LogP contribution in [0.1, 0.15) is 34.6 Å². The lowest BCUT2D eigenvalue weighted by Gasteiger charge is -2.32. The molecule has 1 aliphatic heterocycles. The molecule has 0 aliphatic carbocycles. The molecular formula is C15H20BCl2F3O2S. The molecule has 0 saturated carbocycles. The minimum absolute atomic E-state index is 0.118. The maximum absolute atomic E-state index is 12.2. The van der Waals surface area contributed by atoms with Crippen molar-refractivity contribution in [3.63, 3.8) is 0 Å². The molecule has 1 fully saturated rings. The number of rotatable bonds is 5. The third-order valence-corrected chi connectivity index (χ3v) is 5.87. The molecule has 0 aromatic rings. The standard InChI is InChI=1S/C15H20BCl2F3O2S/c1-9(16-22-13(3,4)14(5,6)23-16)11(17)7-12(18)10(2)24-8-15(19,20)21/h7H,1,8H2,2-6H3/b11-7+,12-10-. The molecule has 1 saturated heterocycles. The van der Waals surface area contributed by atoms with E-state index >= 15 is 0 Å². The monoisotopic (exact) mass is 402 g/mol. The van der Waals surface area contributed by atoms with Gasteiger partial charge in [0.2, 0.25) is 0 Å². The first-order chi connectivity index (χ1) is 10.7. The van der Waals surface area contributed by atoms with Crippen molar-refractivity contribution in [1.29, 1.82) is 0 Å². The highest BCUT2D eigenvalue weighted by Gasteiger charge is 2.52. The highest BCUT2D eigenvalue weighted by Crippen LogP contribution is 2.40. The molecule has 24 heavy (non-hydrogen) atoms. The summed E-state index contributed by atoms with van der Waals surface area (Å²) in [5, 5.41) is 0.289. The van der Waals surface area contributed by atoms with Crippen LogP contribution in [0.2, 0.25) is 0 Å². The van der Waals surface area contributed by atoms with Crippen molar-refractivity contribution in [2.75, 3.05) is 5.75 Å². The van der Waals surface area contributed by atoms with E-state index in [0.717, 1.165) is 0 Å². The lowest BCUT2D eigenvalue weighted by Crippen LogP contribution is -2.41. The van der Waals surface area contributed by atoms with Gasteiger partial charge >= 0.3 is 13.3 Å². The predicted molar refractivity (Wildman–Crippen MR) is 96.2 cm³/mol. The predicted octanol–water partition coefficient (Wildman–Crippen LogP) is 6.06. The number of alkyl halides is 3. The molecule has 0 aromatic heterocycles. The van der Waals surface area contributed by atoms with Crippen molar-refractivity contribution in [3.05, 3.63) is 33.1 Å². The second kappa shape index (κ2) is 7.66. The molecule has 0 unspecified atom stereocenters. The summed E-state index contributed by atoms with van der Waals surface area (Å²) in [5.41, 5.74) is -0.728. The zero-order valence-corrected chi connectivity index (χ0v) is 16.5. The summed E-state index contributed by atoms with van der Waals surface area (Å²) in [6, 6.07) is 0. The van der Waals surface area contributed by atoms with Gasteiger partial charge in [-0.05, 0) is 46.2 Å². The molecule has 1 aliphatic rings. The molecule has 0 bridgehead atoms. The Balaban J connectivity index is 2.84. The Labute approximate surface area is 155 Å². The maximum atomic E-state index is 12.2. The Morgan fingerprint density at radius 3 is 2.04 bits per heavy atom. The van der Waals surface area contributed by atoms with Gasteiger partial charge in [-0.15, -0.1) is 11.8 Å². The average Bonchev–Trinajstić information content (AvgIpc) is 2.62. The fourth-order valence-electron chi connectivity index (χ4n) is 1.66. The van der Waals surface area contributed by atoms with Gasteiger partial charge in [-0.25, -0.2) is 0 Å². The van der Waals surface area contributed by atoms with E-state index in [1.54, 1.807) is 0 Å². The highest BCUT2D eigenvalue weighted by molar-refractivity contribution is 8.03. The third kappa shape index (κ3) is 5.73. The minimum atomic E-state index is -4.26. The first kappa shape index (κ1) is 22.0. The molecule has 9 heteroatoms. The van der Waals surface area contributed by atoms with Crippen LogP contribution in [0.3, 0.4) is 0 Å². The minimum Gasteiger partial charge on any atom is -0.399 e. The van der Waals surface area contributed by atoms with Gasteiger partial charge in [-0.2, -0.15) is 13.2 Å². The Hall–Kier alpha value is -0.0751. The van der Waals surface area contributed by atoms with E-state index in [1.807, 2.05) is 27.7 Å². The summed E-state index contributed by atoms with van der Waals surface area (Å²) in [6.07, 6.45) is -2.90. The number of halogens is 5. The Morgan fingerprint density at radius 2 is 1.62 bits per heavy atom. The van der Waals surface area contributed by atoms with Crippen molar-refractivity contribution in [1.82, 2.24) is 0 Å². The first-order valence-electron chi connectivity index (χ1n) is 7.14. The SMILES string of the molecule is C=C(B1OC(C)(C)C(C)(C)O1)/C(Cl)=C\C(Cl)=C(/C)SCC(F)(F)F. The largest absolute Gasteiger partial charge is 0.495 e. The summed E-state index contributed by atoms with van der Waals surface area (Å²) in [7, 11) is -0.744. The molecule has 1 heterocycles. The molecule has 0 N–H and O–H groups in total. The highest BCUT2D eigenvalue weighted by atomic mass is 35.5. The van der Waals surface area contributed by atoms with Gasteiger partial charge in [0.1, 0.15) is 0 Å². The average molecular weight is 403 g/mol. The smallest absolute Gasteiger partial charge is 0.399 e. The van der Waals surface area contributed by atoms with E-state index < -0.39 is 30.2 Å². The van der Waals surface area contributed by atoms with Gasteiger partial charge in [0.15, 0.2) is 0 Å². The van der Waals surface area contributed by atoms with Crippen LogP contribution in [-0.4, -0.2) is 30.2 Å². The number of hydrogen-bond acceptors (Lipinski definition) is 3. The summed E-state index contributed by atoms with van der Waals surface area (Å²) in [5.74, 6) is -1.02. The van der Waals surface area contributed by atoms with Gasteiger partial charge in [-0.1, -0.05) is 29.8 Å². The van der Waals surface area contributed by atoms with E-state index in [0.29, 0.717) is 22.1 Å². The van der Waals surface area contributed by atoms with Gasteiger partial charge in [0, 0.05) is 9.94 Å². The zero-order valence-electron chi connectivity index (χ0n) is 14.2. The molecule has 0 amide bonds. The molecule has 0 spiro atoms. The summed E-state index contributed by atoms with van der Waals surface area (Å²) in [6.45, 7) is 12.9. The quantitative estimate of drug-likeness (QED) is 0.411. The van der Waals surface area contributed by atoms with Crippen molar-refractivity contribution >= 4 is 42.1 Å². The van der Waals surface area contributed by atoms with E-state index in [9.17, 15) is 13.2 Å². The van der Waals surface area contributed by atoms with Crippen molar-refractivity contribution in [3.8, 4) is 0 Å². The molecule has 0 aromatic carbocycles. The zero-order chi connectivity index (χ0) is 18.9. The van der Waals surface area contributed by atoms with E-state index in [2.05, 4.69) is 6.58 Å². The van der Waals surface area contributed by atoms with E-state index in [-0.39, 0.29) is 10.1 Å². The molecule has 1 rings (SSSR count). The Kier molecular flexibility index (Phi) is 7.01. The second-order valence-corrected chi connectivity index (χ2v) is 8.42. The second-order valence-electron chi connectivity index (χ2n) is 6.41. The van der Waals surface area contributed by atoms with Crippen molar-refractivity contribution < 1.29 is 22.5 Å². The normalized spacial score (nSPS) is 21.8. The summed E-state index contributed by atoms with van der Waals surface area (Å²) >= 11 is 12.8.